The van der Waals surface area contributed by atoms with Crippen molar-refractivity contribution in [3.05, 3.63) is 77.8 Å². The molecule has 0 spiro atoms. The molecule has 0 bridgehead atoms. The van der Waals surface area contributed by atoms with E-state index in [4.69, 9.17) is 11.6 Å². The summed E-state index contributed by atoms with van der Waals surface area (Å²) in [5.74, 6) is 0. The highest BCUT2D eigenvalue weighted by molar-refractivity contribution is 6.30. The molecule has 0 aliphatic rings. The minimum atomic E-state index is -0.190. The number of aromatic nitrogens is 1. The van der Waals surface area contributed by atoms with E-state index < -0.39 is 0 Å². The largest absolute Gasteiger partial charge is 0.330 e. The highest BCUT2D eigenvalue weighted by Gasteiger charge is 2.15. The number of rotatable bonds is 1. The number of nitrogens with one attached hydrogen (secondary N) is 1. The molecule has 0 saturated carbocycles. The topological polar surface area (TPSA) is 34.0 Å². The second-order valence-corrected chi connectivity index (χ2v) is 5.74. The third kappa shape index (κ3) is 2.35. The summed E-state index contributed by atoms with van der Waals surface area (Å²) in [6.07, 6.45) is 0. The number of benzene rings is 3. The van der Waals surface area contributed by atoms with E-state index in [1.807, 2.05) is 48.5 Å². The third-order valence-electron chi connectivity index (χ3n) is 3.88. The smallest absolute Gasteiger partial charge is 0.307 e. The van der Waals surface area contributed by atoms with Crippen LogP contribution in [0, 0.1) is 0 Å². The monoisotopic (exact) mass is 320 g/mol. The van der Waals surface area contributed by atoms with Crippen molar-refractivity contribution in [2.45, 2.75) is 0 Å². The van der Waals surface area contributed by atoms with E-state index in [1.54, 1.807) is 28.8 Å². The average Bonchev–Trinajstić information content (AvgIpc) is 2.91. The van der Waals surface area contributed by atoms with Crippen molar-refractivity contribution >= 4 is 45.1 Å². The van der Waals surface area contributed by atoms with Crippen LogP contribution in [0.4, 0.5) is 10.5 Å². The van der Waals surface area contributed by atoms with Gasteiger partial charge in [-0.15, -0.1) is 0 Å². The molecule has 0 unspecified atom stereocenters. The van der Waals surface area contributed by atoms with Gasteiger partial charge in [0.05, 0.1) is 11.0 Å². The van der Waals surface area contributed by atoms with E-state index in [9.17, 15) is 4.79 Å². The highest BCUT2D eigenvalue weighted by Crippen LogP contribution is 2.28. The Morgan fingerprint density at radius 1 is 0.783 bits per heavy atom. The molecule has 4 aromatic rings. The van der Waals surface area contributed by atoms with E-state index in [2.05, 4.69) is 5.32 Å². The summed E-state index contributed by atoms with van der Waals surface area (Å²) in [5.41, 5.74) is 2.49. The van der Waals surface area contributed by atoms with Crippen LogP contribution in [0.25, 0.3) is 21.8 Å². The van der Waals surface area contributed by atoms with Gasteiger partial charge in [-0.25, -0.2) is 4.79 Å². The average molecular weight is 321 g/mol. The van der Waals surface area contributed by atoms with Gasteiger partial charge in [0.2, 0.25) is 0 Å². The summed E-state index contributed by atoms with van der Waals surface area (Å²) < 4.78 is 1.71. The normalized spacial score (nSPS) is 11.0. The summed E-state index contributed by atoms with van der Waals surface area (Å²) >= 11 is 5.89. The van der Waals surface area contributed by atoms with Gasteiger partial charge in [-0.1, -0.05) is 48.0 Å². The highest BCUT2D eigenvalue weighted by atomic mass is 35.5. The number of hydrogen-bond acceptors (Lipinski definition) is 1. The summed E-state index contributed by atoms with van der Waals surface area (Å²) in [7, 11) is 0. The van der Waals surface area contributed by atoms with E-state index in [-0.39, 0.29) is 6.03 Å². The van der Waals surface area contributed by atoms with Crippen molar-refractivity contribution in [2.75, 3.05) is 5.32 Å². The Balaban J connectivity index is 1.86. The van der Waals surface area contributed by atoms with Crippen LogP contribution >= 0.6 is 11.6 Å². The molecule has 1 N–H and O–H groups in total. The number of fused-ring (bicyclic) bond motifs is 3. The van der Waals surface area contributed by atoms with Gasteiger partial charge in [0, 0.05) is 21.5 Å². The zero-order chi connectivity index (χ0) is 15.8. The lowest BCUT2D eigenvalue weighted by molar-refractivity contribution is 0.255. The Morgan fingerprint density at radius 3 is 1.87 bits per heavy atom. The zero-order valence-electron chi connectivity index (χ0n) is 12.2. The quantitative estimate of drug-likeness (QED) is 0.491. The first-order valence-corrected chi connectivity index (χ1v) is 7.67. The van der Waals surface area contributed by atoms with Gasteiger partial charge in [0.15, 0.2) is 0 Å². The van der Waals surface area contributed by atoms with Crippen molar-refractivity contribution in [1.29, 1.82) is 0 Å². The summed E-state index contributed by atoms with van der Waals surface area (Å²) in [6, 6.07) is 22.7. The fourth-order valence-corrected chi connectivity index (χ4v) is 2.98. The van der Waals surface area contributed by atoms with Crippen LogP contribution in [0.3, 0.4) is 0 Å². The van der Waals surface area contributed by atoms with Crippen LogP contribution in [-0.4, -0.2) is 10.6 Å². The molecule has 1 aromatic heterocycles. The SMILES string of the molecule is O=C(Nc1ccc(Cl)cc1)n1c2ccccc2c2ccccc21. The van der Waals surface area contributed by atoms with E-state index >= 15 is 0 Å². The Labute approximate surface area is 138 Å². The number of carbonyl (C=O) groups excluding carboxylic acids is 1. The minimum Gasteiger partial charge on any atom is -0.307 e. The number of nitrogens with zero attached hydrogens (tertiary/aromatic N) is 1. The maximum Gasteiger partial charge on any atom is 0.330 e. The maximum atomic E-state index is 12.8. The number of para-hydroxylation sites is 2. The lowest BCUT2D eigenvalue weighted by Gasteiger charge is -2.08. The zero-order valence-corrected chi connectivity index (χ0v) is 12.9. The first kappa shape index (κ1) is 13.9. The van der Waals surface area contributed by atoms with Crippen molar-refractivity contribution in [3.63, 3.8) is 0 Å². The fourth-order valence-electron chi connectivity index (χ4n) is 2.85. The second-order valence-electron chi connectivity index (χ2n) is 5.31. The molecule has 4 rings (SSSR count). The van der Waals surface area contributed by atoms with Gasteiger partial charge in [-0.05, 0) is 36.4 Å². The molecule has 0 saturated heterocycles. The molecule has 3 nitrogen and oxygen atoms in total. The van der Waals surface area contributed by atoms with Crippen LogP contribution < -0.4 is 5.32 Å². The van der Waals surface area contributed by atoms with Crippen molar-refractivity contribution < 1.29 is 4.79 Å². The number of hydrogen-bond donors (Lipinski definition) is 1. The number of carbonyl (C=O) groups is 1. The molecule has 0 atom stereocenters. The second kappa shape index (κ2) is 5.45. The Morgan fingerprint density at radius 2 is 1.30 bits per heavy atom. The van der Waals surface area contributed by atoms with Gasteiger partial charge in [0.25, 0.3) is 0 Å². The van der Waals surface area contributed by atoms with Gasteiger partial charge >= 0.3 is 6.03 Å². The van der Waals surface area contributed by atoms with Crippen molar-refractivity contribution in [2.24, 2.45) is 0 Å². The van der Waals surface area contributed by atoms with Gasteiger partial charge in [0.1, 0.15) is 0 Å². The summed E-state index contributed by atoms with van der Waals surface area (Å²) in [5, 5.41) is 5.69. The lowest BCUT2D eigenvalue weighted by atomic mass is 10.2. The van der Waals surface area contributed by atoms with E-state index in [1.165, 1.54) is 0 Å². The Hall–Kier alpha value is -2.78. The molecular formula is C19H13ClN2O. The number of amides is 1. The first-order valence-electron chi connectivity index (χ1n) is 7.29. The molecule has 112 valence electrons. The summed E-state index contributed by atoms with van der Waals surface area (Å²) in [6.45, 7) is 0. The molecule has 1 amide bonds. The van der Waals surface area contributed by atoms with Crippen molar-refractivity contribution in [1.82, 2.24) is 4.57 Å². The molecule has 23 heavy (non-hydrogen) atoms. The molecule has 1 heterocycles. The lowest BCUT2D eigenvalue weighted by Crippen LogP contribution is -2.18. The number of anilines is 1. The molecule has 3 aromatic carbocycles. The predicted octanol–water partition coefficient (Wildman–Crippen LogP) is 5.53. The van der Waals surface area contributed by atoms with Gasteiger partial charge in [-0.3, -0.25) is 4.57 Å². The molecule has 0 radical (unpaired) electrons. The third-order valence-corrected chi connectivity index (χ3v) is 4.13. The maximum absolute atomic E-state index is 12.8. The van der Waals surface area contributed by atoms with Crippen molar-refractivity contribution in [3.8, 4) is 0 Å². The predicted molar refractivity (Wildman–Crippen MR) is 95.3 cm³/mol. The van der Waals surface area contributed by atoms with Crippen LogP contribution in [0.2, 0.25) is 5.02 Å². The van der Waals surface area contributed by atoms with Crippen LogP contribution in [0.15, 0.2) is 72.8 Å². The Bertz CT molecular complexity index is 965. The number of halogens is 1. The van der Waals surface area contributed by atoms with Gasteiger partial charge in [-0.2, -0.15) is 0 Å². The van der Waals surface area contributed by atoms with Crippen LogP contribution in [0.1, 0.15) is 0 Å². The van der Waals surface area contributed by atoms with Crippen LogP contribution in [0.5, 0.6) is 0 Å². The Kier molecular flexibility index (Phi) is 3.28. The molecular weight excluding hydrogens is 308 g/mol. The summed E-state index contributed by atoms with van der Waals surface area (Å²) in [4.78, 5) is 12.8. The minimum absolute atomic E-state index is 0.190. The standard InChI is InChI=1S/C19H13ClN2O/c20-13-9-11-14(12-10-13)21-19(23)22-17-7-3-1-5-15(17)16-6-2-4-8-18(16)22/h1-12H,(H,21,23). The van der Waals surface area contributed by atoms with Crippen LogP contribution in [-0.2, 0) is 0 Å². The molecule has 0 aliphatic carbocycles. The van der Waals surface area contributed by atoms with E-state index in [0.717, 1.165) is 21.8 Å². The molecule has 4 heteroatoms. The molecule has 0 fully saturated rings. The van der Waals surface area contributed by atoms with Gasteiger partial charge < -0.3 is 5.32 Å². The molecule has 0 aliphatic heterocycles. The first-order chi connectivity index (χ1) is 11.2. The van der Waals surface area contributed by atoms with E-state index in [0.29, 0.717) is 10.7 Å². The fraction of sp³-hybridized carbons (Fsp3) is 0.